The minimum atomic E-state index is -0.381. The molecule has 3 nitrogen and oxygen atoms in total. The van der Waals surface area contributed by atoms with Crippen molar-refractivity contribution in [1.29, 1.82) is 5.26 Å². The summed E-state index contributed by atoms with van der Waals surface area (Å²) in [4.78, 5) is 2.44. The van der Waals surface area contributed by atoms with Gasteiger partial charge in [0, 0.05) is 18.8 Å². The van der Waals surface area contributed by atoms with E-state index in [4.69, 9.17) is 0 Å². The maximum Gasteiger partial charge on any atom is 0.103 e. The number of anilines is 1. The number of rotatable bonds is 6. The lowest BCUT2D eigenvalue weighted by atomic mass is 9.97. The number of benzene rings is 1. The van der Waals surface area contributed by atoms with E-state index in [1.165, 1.54) is 11.3 Å². The van der Waals surface area contributed by atoms with Crippen molar-refractivity contribution in [2.75, 3.05) is 24.5 Å². The van der Waals surface area contributed by atoms with Crippen molar-refractivity contribution in [2.24, 2.45) is 0 Å². The Balaban J connectivity index is 1.86. The summed E-state index contributed by atoms with van der Waals surface area (Å²) < 4.78 is 0. The Morgan fingerprint density at radius 3 is 2.95 bits per heavy atom. The molecule has 1 aliphatic rings. The number of nitriles is 1. The monoisotopic (exact) mass is 257 g/mol. The molecule has 1 N–H and O–H groups in total. The Bertz CT molecular complexity index is 463. The highest BCUT2D eigenvalue weighted by Crippen LogP contribution is 2.27. The molecule has 1 unspecified atom stereocenters. The lowest BCUT2D eigenvalue weighted by molar-refractivity contribution is 0.417. The molecule has 0 radical (unpaired) electrons. The van der Waals surface area contributed by atoms with Crippen molar-refractivity contribution < 1.29 is 0 Å². The van der Waals surface area contributed by atoms with Crippen molar-refractivity contribution in [3.05, 3.63) is 29.8 Å². The molecule has 0 aromatic heterocycles. The van der Waals surface area contributed by atoms with Crippen molar-refractivity contribution in [2.45, 2.75) is 38.6 Å². The van der Waals surface area contributed by atoms with E-state index >= 15 is 0 Å². The predicted molar refractivity (Wildman–Crippen MR) is 79.3 cm³/mol. The highest BCUT2D eigenvalue weighted by molar-refractivity contribution is 5.57. The summed E-state index contributed by atoms with van der Waals surface area (Å²) in [6, 6.07) is 11.0. The molecule has 1 aromatic carbocycles. The summed E-state index contributed by atoms with van der Waals surface area (Å²) in [5.41, 5.74) is 2.45. The molecule has 0 saturated heterocycles. The third-order valence-corrected chi connectivity index (χ3v) is 3.90. The zero-order valence-electron chi connectivity index (χ0n) is 11.9. The first kappa shape index (κ1) is 13.9. The van der Waals surface area contributed by atoms with Crippen LogP contribution in [0.5, 0.6) is 0 Å². The zero-order valence-corrected chi connectivity index (χ0v) is 11.9. The van der Waals surface area contributed by atoms with Crippen LogP contribution in [-0.2, 0) is 6.42 Å². The first-order chi connectivity index (χ1) is 9.18. The van der Waals surface area contributed by atoms with E-state index in [0.717, 1.165) is 38.9 Å². The summed E-state index contributed by atoms with van der Waals surface area (Å²) in [6.07, 6.45) is 3.10. The van der Waals surface area contributed by atoms with E-state index in [2.05, 4.69) is 40.6 Å². The molecule has 1 aromatic rings. The predicted octanol–water partition coefficient (Wildman–Crippen LogP) is 2.72. The van der Waals surface area contributed by atoms with Crippen LogP contribution in [0.1, 0.15) is 32.3 Å². The molecule has 0 aliphatic carbocycles. The van der Waals surface area contributed by atoms with Gasteiger partial charge in [-0.2, -0.15) is 5.26 Å². The Kier molecular flexibility index (Phi) is 4.44. The first-order valence-electron chi connectivity index (χ1n) is 7.17. The standard InChI is InChI=1S/C16H23N3/c1-3-18-16(2,13-17)10-6-11-19-12-9-14-7-4-5-8-15(14)19/h4-5,7-8,18H,3,6,9-12H2,1-2H3. The van der Waals surface area contributed by atoms with E-state index in [1.807, 2.05) is 13.8 Å². The second kappa shape index (κ2) is 6.08. The quantitative estimate of drug-likeness (QED) is 0.851. The molecule has 19 heavy (non-hydrogen) atoms. The molecule has 1 heterocycles. The van der Waals surface area contributed by atoms with Gasteiger partial charge in [0.2, 0.25) is 0 Å². The number of nitrogens with one attached hydrogen (secondary N) is 1. The summed E-state index contributed by atoms with van der Waals surface area (Å²) in [7, 11) is 0. The molecule has 0 amide bonds. The molecular formula is C16H23N3. The van der Waals surface area contributed by atoms with Crippen molar-refractivity contribution in [3.8, 4) is 6.07 Å². The number of nitrogens with zero attached hydrogens (tertiary/aromatic N) is 2. The minimum Gasteiger partial charge on any atom is -0.371 e. The van der Waals surface area contributed by atoms with Crippen molar-refractivity contribution >= 4 is 5.69 Å². The summed E-state index contributed by atoms with van der Waals surface area (Å²) in [6.45, 7) is 7.04. The molecular weight excluding hydrogens is 234 g/mol. The fourth-order valence-electron chi connectivity index (χ4n) is 2.84. The highest BCUT2D eigenvalue weighted by Gasteiger charge is 2.23. The van der Waals surface area contributed by atoms with Crippen LogP contribution in [0.25, 0.3) is 0 Å². The summed E-state index contributed by atoms with van der Waals surface area (Å²) in [5, 5.41) is 12.5. The fraction of sp³-hybridized carbons (Fsp3) is 0.562. The lowest BCUT2D eigenvalue weighted by Crippen LogP contribution is -2.41. The van der Waals surface area contributed by atoms with Gasteiger partial charge in [-0.1, -0.05) is 25.1 Å². The molecule has 0 saturated carbocycles. The largest absolute Gasteiger partial charge is 0.371 e. The van der Waals surface area contributed by atoms with Crippen molar-refractivity contribution in [1.82, 2.24) is 5.32 Å². The number of para-hydroxylation sites is 1. The third-order valence-electron chi connectivity index (χ3n) is 3.90. The first-order valence-corrected chi connectivity index (χ1v) is 7.17. The average Bonchev–Trinajstić information content (AvgIpc) is 2.83. The van der Waals surface area contributed by atoms with Gasteiger partial charge >= 0.3 is 0 Å². The number of fused-ring (bicyclic) bond motifs is 1. The van der Waals surface area contributed by atoms with E-state index in [9.17, 15) is 5.26 Å². The van der Waals surface area contributed by atoms with Crippen LogP contribution in [0.15, 0.2) is 24.3 Å². The molecule has 2 rings (SSSR count). The molecule has 0 spiro atoms. The number of hydrogen-bond acceptors (Lipinski definition) is 3. The Labute approximate surface area is 116 Å². The van der Waals surface area contributed by atoms with Crippen LogP contribution in [0.4, 0.5) is 5.69 Å². The van der Waals surface area contributed by atoms with Crippen LogP contribution < -0.4 is 10.2 Å². The maximum atomic E-state index is 9.24. The third kappa shape index (κ3) is 3.27. The molecule has 1 aliphatic heterocycles. The van der Waals surface area contributed by atoms with E-state index in [-0.39, 0.29) is 5.54 Å². The highest BCUT2D eigenvalue weighted by atomic mass is 15.1. The normalized spacial score (nSPS) is 16.8. The van der Waals surface area contributed by atoms with Crippen LogP contribution >= 0.6 is 0 Å². The fourth-order valence-corrected chi connectivity index (χ4v) is 2.84. The van der Waals surface area contributed by atoms with Gasteiger partial charge in [0.15, 0.2) is 0 Å². The lowest BCUT2D eigenvalue weighted by Gasteiger charge is -2.25. The smallest absolute Gasteiger partial charge is 0.103 e. The Morgan fingerprint density at radius 2 is 2.21 bits per heavy atom. The second-order valence-corrected chi connectivity index (χ2v) is 5.44. The molecule has 0 bridgehead atoms. The van der Waals surface area contributed by atoms with E-state index in [0.29, 0.717) is 0 Å². The SMILES string of the molecule is CCNC(C)(C#N)CCCN1CCc2ccccc21. The van der Waals surface area contributed by atoms with E-state index < -0.39 is 0 Å². The van der Waals surface area contributed by atoms with Crippen LogP contribution in [0, 0.1) is 11.3 Å². The second-order valence-electron chi connectivity index (χ2n) is 5.44. The van der Waals surface area contributed by atoms with Gasteiger partial charge in [-0.25, -0.2) is 0 Å². The van der Waals surface area contributed by atoms with Gasteiger partial charge in [0.25, 0.3) is 0 Å². The molecule has 0 fully saturated rings. The molecule has 3 heteroatoms. The molecule has 102 valence electrons. The minimum absolute atomic E-state index is 0.381. The topological polar surface area (TPSA) is 39.1 Å². The molecule has 1 atom stereocenters. The summed E-state index contributed by atoms with van der Waals surface area (Å²) in [5.74, 6) is 0. The average molecular weight is 257 g/mol. The van der Waals surface area contributed by atoms with E-state index in [1.54, 1.807) is 0 Å². The van der Waals surface area contributed by atoms with Gasteiger partial charge in [-0.15, -0.1) is 0 Å². The number of hydrogen-bond donors (Lipinski definition) is 1. The van der Waals surface area contributed by atoms with Crippen LogP contribution in [0.3, 0.4) is 0 Å². The van der Waals surface area contributed by atoms with Gasteiger partial charge in [0.05, 0.1) is 6.07 Å². The van der Waals surface area contributed by atoms with Gasteiger partial charge in [-0.05, 0) is 44.4 Å². The zero-order chi connectivity index (χ0) is 13.7. The summed E-state index contributed by atoms with van der Waals surface area (Å²) >= 11 is 0. The van der Waals surface area contributed by atoms with Crippen LogP contribution in [-0.4, -0.2) is 25.2 Å². The van der Waals surface area contributed by atoms with Crippen LogP contribution in [0.2, 0.25) is 0 Å². The Morgan fingerprint density at radius 1 is 1.42 bits per heavy atom. The van der Waals surface area contributed by atoms with Gasteiger partial charge < -0.3 is 4.90 Å². The van der Waals surface area contributed by atoms with Gasteiger partial charge in [0.1, 0.15) is 5.54 Å². The van der Waals surface area contributed by atoms with Crippen molar-refractivity contribution in [3.63, 3.8) is 0 Å². The van der Waals surface area contributed by atoms with Gasteiger partial charge in [-0.3, -0.25) is 5.32 Å². The Hall–Kier alpha value is -1.53. The maximum absolute atomic E-state index is 9.24.